The van der Waals surface area contributed by atoms with Crippen molar-refractivity contribution in [1.29, 1.82) is 0 Å². The molecule has 20 heavy (non-hydrogen) atoms. The quantitative estimate of drug-likeness (QED) is 0.347. The number of nitro benzene ring substituents is 1. The highest BCUT2D eigenvalue weighted by Crippen LogP contribution is 2.32. The van der Waals surface area contributed by atoms with Gasteiger partial charge in [-0.1, -0.05) is 0 Å². The first-order valence-corrected chi connectivity index (χ1v) is 6.69. The summed E-state index contributed by atoms with van der Waals surface area (Å²) in [5, 5.41) is 10.9. The van der Waals surface area contributed by atoms with Crippen LogP contribution in [-0.4, -0.2) is 49.3 Å². The minimum atomic E-state index is -0.958. The van der Waals surface area contributed by atoms with Gasteiger partial charge in [-0.25, -0.2) is 9.18 Å². The topological polar surface area (TPSA) is 72.7 Å². The zero-order valence-electron chi connectivity index (χ0n) is 11.4. The first-order valence-electron chi connectivity index (χ1n) is 5.70. The summed E-state index contributed by atoms with van der Waals surface area (Å²) in [4.78, 5) is 23.8. The number of benzene rings is 1. The molecule has 1 aromatic carbocycles. The van der Waals surface area contributed by atoms with Gasteiger partial charge in [0, 0.05) is 12.3 Å². The molecule has 0 N–H and O–H groups in total. The SMILES string of the molecule is COC(=O)c1cc(SCCN(C)C)c([N+](=O)[O-])cc1F. The van der Waals surface area contributed by atoms with E-state index < -0.39 is 16.7 Å². The Morgan fingerprint density at radius 2 is 2.15 bits per heavy atom. The van der Waals surface area contributed by atoms with Crippen LogP contribution in [-0.2, 0) is 4.74 Å². The molecule has 110 valence electrons. The van der Waals surface area contributed by atoms with E-state index in [4.69, 9.17) is 0 Å². The van der Waals surface area contributed by atoms with Gasteiger partial charge in [0.05, 0.1) is 28.6 Å². The van der Waals surface area contributed by atoms with Crippen molar-refractivity contribution in [2.24, 2.45) is 0 Å². The Morgan fingerprint density at radius 1 is 1.50 bits per heavy atom. The molecule has 0 radical (unpaired) electrons. The zero-order valence-corrected chi connectivity index (χ0v) is 12.2. The molecule has 0 aliphatic carbocycles. The number of carbonyl (C=O) groups is 1. The summed E-state index contributed by atoms with van der Waals surface area (Å²) in [6.45, 7) is 0.701. The molecule has 0 aliphatic rings. The molecule has 1 aromatic rings. The number of ether oxygens (including phenoxy) is 1. The number of esters is 1. The van der Waals surface area contributed by atoms with Crippen LogP contribution < -0.4 is 0 Å². The maximum atomic E-state index is 13.7. The van der Waals surface area contributed by atoms with Crippen molar-refractivity contribution in [1.82, 2.24) is 4.90 Å². The van der Waals surface area contributed by atoms with Crippen LogP contribution in [0.3, 0.4) is 0 Å². The Bertz CT molecular complexity index is 522. The van der Waals surface area contributed by atoms with Crippen molar-refractivity contribution < 1.29 is 18.8 Å². The fourth-order valence-corrected chi connectivity index (χ4v) is 2.56. The third kappa shape index (κ3) is 4.17. The minimum absolute atomic E-state index is 0.249. The average molecular weight is 302 g/mol. The smallest absolute Gasteiger partial charge is 0.340 e. The second-order valence-electron chi connectivity index (χ2n) is 4.20. The number of hydrogen-bond donors (Lipinski definition) is 0. The van der Waals surface area contributed by atoms with Gasteiger partial charge in [0.2, 0.25) is 0 Å². The highest BCUT2D eigenvalue weighted by molar-refractivity contribution is 7.99. The minimum Gasteiger partial charge on any atom is -0.465 e. The standard InChI is InChI=1S/C12H15FN2O4S/c1-14(2)4-5-20-11-6-8(12(16)19-3)9(13)7-10(11)15(17)18/h6-7H,4-5H2,1-3H3. The highest BCUT2D eigenvalue weighted by atomic mass is 32.2. The van der Waals surface area contributed by atoms with Crippen LogP contribution in [0.1, 0.15) is 10.4 Å². The van der Waals surface area contributed by atoms with E-state index in [0.29, 0.717) is 12.3 Å². The molecule has 0 aliphatic heterocycles. The molecule has 0 unspecified atom stereocenters. The van der Waals surface area contributed by atoms with Gasteiger partial charge in [-0.05, 0) is 20.2 Å². The molecule has 0 aromatic heterocycles. The van der Waals surface area contributed by atoms with Crippen LogP contribution in [0.4, 0.5) is 10.1 Å². The van der Waals surface area contributed by atoms with Gasteiger partial charge >= 0.3 is 5.97 Å². The average Bonchev–Trinajstić information content (AvgIpc) is 2.38. The van der Waals surface area contributed by atoms with E-state index in [9.17, 15) is 19.3 Å². The van der Waals surface area contributed by atoms with Crippen LogP contribution in [0.15, 0.2) is 17.0 Å². The highest BCUT2D eigenvalue weighted by Gasteiger charge is 2.22. The van der Waals surface area contributed by atoms with Crippen LogP contribution in [0, 0.1) is 15.9 Å². The van der Waals surface area contributed by atoms with Crippen LogP contribution in [0.5, 0.6) is 0 Å². The van der Waals surface area contributed by atoms with E-state index >= 15 is 0 Å². The van der Waals surface area contributed by atoms with Gasteiger partial charge in [0.25, 0.3) is 5.69 Å². The number of methoxy groups -OCH3 is 1. The summed E-state index contributed by atoms with van der Waals surface area (Å²) >= 11 is 1.20. The molecular weight excluding hydrogens is 287 g/mol. The number of hydrogen-bond acceptors (Lipinski definition) is 6. The fourth-order valence-electron chi connectivity index (χ4n) is 1.41. The van der Waals surface area contributed by atoms with Crippen molar-refractivity contribution in [3.63, 3.8) is 0 Å². The molecule has 0 bridgehead atoms. The van der Waals surface area contributed by atoms with Gasteiger partial charge in [-0.2, -0.15) is 0 Å². The van der Waals surface area contributed by atoms with E-state index in [1.54, 1.807) is 0 Å². The largest absolute Gasteiger partial charge is 0.465 e. The number of halogens is 1. The third-order valence-corrected chi connectivity index (χ3v) is 3.47. The number of nitro groups is 1. The summed E-state index contributed by atoms with van der Waals surface area (Å²) in [6, 6.07) is 1.92. The Balaban J connectivity index is 3.10. The third-order valence-electron chi connectivity index (χ3n) is 2.45. The molecular formula is C12H15FN2O4S. The molecule has 6 nitrogen and oxygen atoms in total. The maximum Gasteiger partial charge on any atom is 0.340 e. The van der Waals surface area contributed by atoms with Crippen LogP contribution in [0.2, 0.25) is 0 Å². The normalized spacial score (nSPS) is 10.7. The van der Waals surface area contributed by atoms with Crippen molar-refractivity contribution in [3.8, 4) is 0 Å². The lowest BCUT2D eigenvalue weighted by molar-refractivity contribution is -0.387. The molecule has 0 fully saturated rings. The predicted molar refractivity (Wildman–Crippen MR) is 73.7 cm³/mol. The lowest BCUT2D eigenvalue weighted by Gasteiger charge is -2.10. The summed E-state index contributed by atoms with van der Waals surface area (Å²) in [6.07, 6.45) is 0. The molecule has 0 amide bonds. The monoisotopic (exact) mass is 302 g/mol. The van der Waals surface area contributed by atoms with E-state index in [0.717, 1.165) is 13.2 Å². The molecule has 0 saturated carbocycles. The molecule has 0 atom stereocenters. The van der Waals surface area contributed by atoms with Gasteiger partial charge < -0.3 is 9.64 Å². The number of carbonyl (C=O) groups excluding carboxylic acids is 1. The Morgan fingerprint density at radius 3 is 2.65 bits per heavy atom. The molecule has 0 heterocycles. The van der Waals surface area contributed by atoms with Crippen molar-refractivity contribution in [2.45, 2.75) is 4.90 Å². The van der Waals surface area contributed by atoms with Crippen molar-refractivity contribution in [2.75, 3.05) is 33.5 Å². The molecule has 8 heteroatoms. The Kier molecular flexibility index (Phi) is 5.90. The zero-order chi connectivity index (χ0) is 15.3. The number of rotatable bonds is 6. The van der Waals surface area contributed by atoms with E-state index in [2.05, 4.69) is 4.74 Å². The van der Waals surface area contributed by atoms with Gasteiger partial charge in [-0.15, -0.1) is 11.8 Å². The summed E-state index contributed by atoms with van der Waals surface area (Å²) < 4.78 is 18.1. The lowest BCUT2D eigenvalue weighted by atomic mass is 10.2. The molecule has 1 rings (SSSR count). The maximum absolute atomic E-state index is 13.7. The molecule has 0 saturated heterocycles. The Hall–Kier alpha value is -1.67. The predicted octanol–water partition coefficient (Wildman–Crippen LogP) is 2.17. The fraction of sp³-hybridized carbons (Fsp3) is 0.417. The second kappa shape index (κ2) is 7.20. The molecule has 0 spiro atoms. The van der Waals surface area contributed by atoms with Gasteiger partial charge in [0.1, 0.15) is 5.82 Å². The number of thioether (sulfide) groups is 1. The van der Waals surface area contributed by atoms with E-state index in [1.807, 2.05) is 19.0 Å². The second-order valence-corrected chi connectivity index (χ2v) is 5.34. The van der Waals surface area contributed by atoms with Crippen molar-refractivity contribution in [3.05, 3.63) is 33.6 Å². The van der Waals surface area contributed by atoms with Gasteiger partial charge in [0.15, 0.2) is 0 Å². The lowest BCUT2D eigenvalue weighted by Crippen LogP contribution is -2.15. The van der Waals surface area contributed by atoms with E-state index in [-0.39, 0.29) is 16.1 Å². The summed E-state index contributed by atoms with van der Waals surface area (Å²) in [5.41, 5.74) is -0.649. The first-order chi connectivity index (χ1) is 9.36. The Labute approximate surface area is 120 Å². The van der Waals surface area contributed by atoms with Crippen LogP contribution >= 0.6 is 11.8 Å². The summed E-state index contributed by atoms with van der Waals surface area (Å²) in [7, 11) is 4.88. The van der Waals surface area contributed by atoms with E-state index in [1.165, 1.54) is 17.8 Å². The number of nitrogens with zero attached hydrogens (tertiary/aromatic N) is 2. The first kappa shape index (κ1) is 16.4. The summed E-state index contributed by atoms with van der Waals surface area (Å²) in [5.74, 6) is -1.23. The van der Waals surface area contributed by atoms with Crippen LogP contribution in [0.25, 0.3) is 0 Å². The van der Waals surface area contributed by atoms with Gasteiger partial charge in [-0.3, -0.25) is 10.1 Å². The van der Waals surface area contributed by atoms with Crippen molar-refractivity contribution >= 4 is 23.4 Å².